The van der Waals surface area contributed by atoms with Gasteiger partial charge in [0, 0.05) is 25.8 Å². The van der Waals surface area contributed by atoms with Gasteiger partial charge in [-0.15, -0.1) is 0 Å². The van der Waals surface area contributed by atoms with Crippen LogP contribution in [-0.4, -0.2) is 35.8 Å². The Balaban J connectivity index is 1.97. The highest BCUT2D eigenvalue weighted by Crippen LogP contribution is 2.21. The fourth-order valence-corrected chi connectivity index (χ4v) is 2.23. The molecule has 18 heavy (non-hydrogen) atoms. The minimum Gasteiger partial charge on any atom is -0.391 e. The van der Waals surface area contributed by atoms with Gasteiger partial charge in [0.1, 0.15) is 5.82 Å². The largest absolute Gasteiger partial charge is 0.391 e. The van der Waals surface area contributed by atoms with Crippen LogP contribution in [0.4, 0.5) is 5.82 Å². The van der Waals surface area contributed by atoms with Crippen LogP contribution in [0.2, 0.25) is 0 Å². The van der Waals surface area contributed by atoms with Gasteiger partial charge in [0.25, 0.3) is 0 Å². The van der Waals surface area contributed by atoms with Gasteiger partial charge in [-0.05, 0) is 30.5 Å². The maximum Gasteiger partial charge on any atom is 0.128 e. The van der Waals surface area contributed by atoms with Crippen molar-refractivity contribution in [1.82, 2.24) is 10.3 Å². The number of aromatic nitrogens is 1. The molecule has 1 aliphatic heterocycles. The van der Waals surface area contributed by atoms with Crippen LogP contribution in [0.25, 0.3) is 0 Å². The number of nitrogens with one attached hydrogen (secondary N) is 1. The molecule has 2 heterocycles. The predicted molar refractivity (Wildman–Crippen MR) is 73.6 cm³/mol. The van der Waals surface area contributed by atoms with Crippen molar-refractivity contribution < 1.29 is 5.11 Å². The summed E-state index contributed by atoms with van der Waals surface area (Å²) in [5, 5.41) is 13.2. The molecule has 1 aromatic heterocycles. The number of hydrogen-bond donors (Lipinski definition) is 2. The molecule has 0 spiro atoms. The lowest BCUT2D eigenvalue weighted by Gasteiger charge is -2.35. The Morgan fingerprint density at radius 1 is 1.50 bits per heavy atom. The second-order valence-electron chi connectivity index (χ2n) is 5.08. The molecule has 1 saturated heterocycles. The van der Waals surface area contributed by atoms with E-state index in [2.05, 4.69) is 41.2 Å². The number of β-amino-alcohol motifs (C(OH)–C–C–N with tert-alkyl or cyclic N) is 1. The molecule has 4 nitrogen and oxygen atoms in total. The van der Waals surface area contributed by atoms with Crippen molar-refractivity contribution in [3.05, 3.63) is 23.9 Å². The molecule has 1 aromatic rings. The fraction of sp³-hybridized carbons (Fsp3) is 0.643. The SMILES string of the molecule is CCNCc1ccc(N2CCC(C)C(O)C2)nc1. The molecular weight excluding hydrogens is 226 g/mol. The first-order valence-corrected chi connectivity index (χ1v) is 6.79. The summed E-state index contributed by atoms with van der Waals surface area (Å²) in [5.74, 6) is 1.37. The number of hydrogen-bond acceptors (Lipinski definition) is 4. The predicted octanol–water partition coefficient (Wildman–Crippen LogP) is 1.40. The van der Waals surface area contributed by atoms with Crippen molar-refractivity contribution in [2.45, 2.75) is 32.9 Å². The van der Waals surface area contributed by atoms with E-state index in [-0.39, 0.29) is 6.10 Å². The van der Waals surface area contributed by atoms with E-state index in [1.807, 2.05) is 6.20 Å². The number of rotatable bonds is 4. The lowest BCUT2D eigenvalue weighted by molar-refractivity contribution is 0.102. The topological polar surface area (TPSA) is 48.4 Å². The first-order valence-electron chi connectivity index (χ1n) is 6.79. The summed E-state index contributed by atoms with van der Waals surface area (Å²) >= 11 is 0. The molecule has 0 aliphatic carbocycles. The van der Waals surface area contributed by atoms with Gasteiger partial charge in [-0.3, -0.25) is 0 Å². The van der Waals surface area contributed by atoms with Crippen molar-refractivity contribution in [3.63, 3.8) is 0 Å². The summed E-state index contributed by atoms with van der Waals surface area (Å²) in [5.41, 5.74) is 1.20. The molecular formula is C14H23N3O. The number of pyridine rings is 1. The van der Waals surface area contributed by atoms with Gasteiger partial charge < -0.3 is 15.3 Å². The summed E-state index contributed by atoms with van der Waals surface area (Å²) in [7, 11) is 0. The highest BCUT2D eigenvalue weighted by molar-refractivity contribution is 5.40. The first-order chi connectivity index (χ1) is 8.70. The maximum absolute atomic E-state index is 9.90. The molecule has 2 rings (SSSR count). The highest BCUT2D eigenvalue weighted by atomic mass is 16.3. The molecule has 2 unspecified atom stereocenters. The summed E-state index contributed by atoms with van der Waals surface area (Å²) in [4.78, 5) is 6.66. The van der Waals surface area contributed by atoms with Gasteiger partial charge >= 0.3 is 0 Å². The van der Waals surface area contributed by atoms with E-state index in [4.69, 9.17) is 0 Å². The third kappa shape index (κ3) is 3.21. The molecule has 0 bridgehead atoms. The monoisotopic (exact) mass is 249 g/mol. The van der Waals surface area contributed by atoms with Crippen molar-refractivity contribution in [1.29, 1.82) is 0 Å². The van der Waals surface area contributed by atoms with Crippen LogP contribution < -0.4 is 10.2 Å². The van der Waals surface area contributed by atoms with Crippen LogP contribution in [0.3, 0.4) is 0 Å². The van der Waals surface area contributed by atoms with E-state index < -0.39 is 0 Å². The minimum absolute atomic E-state index is 0.234. The van der Waals surface area contributed by atoms with Gasteiger partial charge in [0.05, 0.1) is 6.10 Å². The normalized spacial score (nSPS) is 24.3. The summed E-state index contributed by atoms with van der Waals surface area (Å²) in [6, 6.07) is 4.16. The lowest BCUT2D eigenvalue weighted by Crippen LogP contribution is -2.43. The zero-order valence-electron chi connectivity index (χ0n) is 11.3. The van der Waals surface area contributed by atoms with E-state index in [1.165, 1.54) is 5.56 Å². The zero-order valence-corrected chi connectivity index (χ0v) is 11.3. The van der Waals surface area contributed by atoms with Gasteiger partial charge in [-0.25, -0.2) is 4.98 Å². The standard InChI is InChI=1S/C14H23N3O/c1-3-15-8-12-4-5-14(16-9-12)17-7-6-11(2)13(18)10-17/h4-5,9,11,13,15,18H,3,6-8,10H2,1-2H3. The Labute approximate surface area is 109 Å². The molecule has 1 fully saturated rings. The Bertz CT molecular complexity index is 366. The second kappa shape index (κ2) is 6.16. The Hall–Kier alpha value is -1.13. The van der Waals surface area contributed by atoms with Crippen LogP contribution in [0.1, 0.15) is 25.8 Å². The number of anilines is 1. The van der Waals surface area contributed by atoms with Crippen LogP contribution in [0.5, 0.6) is 0 Å². The highest BCUT2D eigenvalue weighted by Gasteiger charge is 2.24. The Morgan fingerprint density at radius 2 is 2.33 bits per heavy atom. The van der Waals surface area contributed by atoms with E-state index >= 15 is 0 Å². The zero-order chi connectivity index (χ0) is 13.0. The van der Waals surface area contributed by atoms with E-state index in [0.717, 1.165) is 31.9 Å². The number of piperidine rings is 1. The number of aliphatic hydroxyl groups excluding tert-OH is 1. The van der Waals surface area contributed by atoms with Crippen LogP contribution in [0.15, 0.2) is 18.3 Å². The van der Waals surface area contributed by atoms with Gasteiger partial charge in [-0.1, -0.05) is 19.9 Å². The van der Waals surface area contributed by atoms with Crippen LogP contribution in [-0.2, 0) is 6.54 Å². The lowest BCUT2D eigenvalue weighted by atomic mass is 9.96. The van der Waals surface area contributed by atoms with Crippen molar-refractivity contribution >= 4 is 5.82 Å². The molecule has 0 amide bonds. The quantitative estimate of drug-likeness (QED) is 0.847. The summed E-state index contributed by atoms with van der Waals surface area (Å²) in [6.45, 7) is 7.72. The van der Waals surface area contributed by atoms with Crippen LogP contribution in [0, 0.1) is 5.92 Å². The first kappa shape index (κ1) is 13.3. The second-order valence-corrected chi connectivity index (χ2v) is 5.08. The van der Waals surface area contributed by atoms with E-state index in [0.29, 0.717) is 12.5 Å². The van der Waals surface area contributed by atoms with Crippen LogP contribution >= 0.6 is 0 Å². The molecule has 0 saturated carbocycles. The molecule has 0 aromatic carbocycles. The minimum atomic E-state index is -0.234. The van der Waals surface area contributed by atoms with Gasteiger partial charge in [0.2, 0.25) is 0 Å². The molecule has 2 atom stereocenters. The average Bonchev–Trinajstić information content (AvgIpc) is 2.40. The van der Waals surface area contributed by atoms with Gasteiger partial charge in [-0.2, -0.15) is 0 Å². The molecule has 1 aliphatic rings. The van der Waals surface area contributed by atoms with Crippen molar-refractivity contribution in [2.75, 3.05) is 24.5 Å². The molecule has 0 radical (unpaired) electrons. The number of nitrogens with zero attached hydrogens (tertiary/aromatic N) is 2. The number of aliphatic hydroxyl groups is 1. The van der Waals surface area contributed by atoms with E-state index in [1.54, 1.807) is 0 Å². The van der Waals surface area contributed by atoms with E-state index in [9.17, 15) is 5.11 Å². The average molecular weight is 249 g/mol. The molecule has 100 valence electrons. The summed E-state index contributed by atoms with van der Waals surface area (Å²) < 4.78 is 0. The van der Waals surface area contributed by atoms with Crippen molar-refractivity contribution in [2.24, 2.45) is 5.92 Å². The summed E-state index contributed by atoms with van der Waals surface area (Å²) in [6.07, 6.45) is 2.71. The third-order valence-electron chi connectivity index (χ3n) is 3.63. The molecule has 4 heteroatoms. The van der Waals surface area contributed by atoms with Crippen molar-refractivity contribution in [3.8, 4) is 0 Å². The fourth-order valence-electron chi connectivity index (χ4n) is 2.23. The maximum atomic E-state index is 9.90. The van der Waals surface area contributed by atoms with Gasteiger partial charge in [0.15, 0.2) is 0 Å². The Morgan fingerprint density at radius 3 is 2.94 bits per heavy atom. The third-order valence-corrected chi connectivity index (χ3v) is 3.63. The molecule has 2 N–H and O–H groups in total. The smallest absolute Gasteiger partial charge is 0.128 e. The Kier molecular flexibility index (Phi) is 4.55.